The molecule has 0 radical (unpaired) electrons. The van der Waals surface area contributed by atoms with Crippen molar-refractivity contribution < 1.29 is 4.79 Å². The first-order valence-corrected chi connectivity index (χ1v) is 8.95. The van der Waals surface area contributed by atoms with Gasteiger partial charge in [-0.1, -0.05) is 0 Å². The predicted molar refractivity (Wildman–Crippen MR) is 82.1 cm³/mol. The standard InChI is InChI=1S/C14H20N2OS2/c1-9-11(3-2-5-15-9)16-14(17)13-7-10-8-18-6-4-12(10)19-13/h7,9,11,15H,2-6,8H2,1H3,(H,16,17). The smallest absolute Gasteiger partial charge is 0.261 e. The monoisotopic (exact) mass is 296 g/mol. The van der Waals surface area contributed by atoms with Crippen LogP contribution in [0.2, 0.25) is 0 Å². The third-order valence-corrected chi connectivity index (χ3v) is 6.17. The van der Waals surface area contributed by atoms with Gasteiger partial charge in [0.25, 0.3) is 5.91 Å². The Morgan fingerprint density at radius 1 is 1.53 bits per heavy atom. The Hall–Kier alpha value is -0.520. The summed E-state index contributed by atoms with van der Waals surface area (Å²) in [5.74, 6) is 2.38. The average molecular weight is 296 g/mol. The summed E-state index contributed by atoms with van der Waals surface area (Å²) in [5.41, 5.74) is 1.38. The van der Waals surface area contributed by atoms with Gasteiger partial charge in [-0.25, -0.2) is 0 Å². The Balaban J connectivity index is 1.68. The molecular weight excluding hydrogens is 276 g/mol. The first-order chi connectivity index (χ1) is 9.24. The van der Waals surface area contributed by atoms with Gasteiger partial charge in [0, 0.05) is 22.7 Å². The van der Waals surface area contributed by atoms with E-state index >= 15 is 0 Å². The number of carbonyl (C=O) groups is 1. The molecule has 1 aromatic heterocycles. The van der Waals surface area contributed by atoms with E-state index in [1.165, 1.54) is 16.2 Å². The molecule has 2 atom stereocenters. The van der Waals surface area contributed by atoms with Crippen LogP contribution in [-0.2, 0) is 12.2 Å². The number of carbonyl (C=O) groups excluding carboxylic acids is 1. The Morgan fingerprint density at radius 3 is 3.21 bits per heavy atom. The molecule has 3 rings (SSSR count). The fourth-order valence-electron chi connectivity index (χ4n) is 2.74. The summed E-state index contributed by atoms with van der Waals surface area (Å²) in [6, 6.07) is 2.75. The zero-order valence-corrected chi connectivity index (χ0v) is 12.8. The SMILES string of the molecule is CC1NCCCC1NC(=O)c1cc2c(s1)CCSC2. The van der Waals surface area contributed by atoms with Gasteiger partial charge in [0.1, 0.15) is 0 Å². The molecule has 2 aliphatic rings. The number of amides is 1. The highest BCUT2D eigenvalue weighted by Crippen LogP contribution is 2.31. The number of fused-ring (bicyclic) bond motifs is 1. The minimum absolute atomic E-state index is 0.116. The third kappa shape index (κ3) is 2.98. The highest BCUT2D eigenvalue weighted by Gasteiger charge is 2.24. The number of hydrogen-bond acceptors (Lipinski definition) is 4. The lowest BCUT2D eigenvalue weighted by Crippen LogP contribution is -2.51. The number of piperidine rings is 1. The molecule has 0 aromatic carbocycles. The van der Waals surface area contributed by atoms with Gasteiger partial charge in [0.05, 0.1) is 4.88 Å². The molecular formula is C14H20N2OS2. The Bertz CT molecular complexity index is 449. The quantitative estimate of drug-likeness (QED) is 0.880. The lowest BCUT2D eigenvalue weighted by atomic mass is 10.00. The van der Waals surface area contributed by atoms with Crippen molar-refractivity contribution in [2.24, 2.45) is 0 Å². The van der Waals surface area contributed by atoms with Crippen molar-refractivity contribution in [2.75, 3.05) is 12.3 Å². The van der Waals surface area contributed by atoms with Crippen molar-refractivity contribution in [3.05, 3.63) is 21.4 Å². The van der Waals surface area contributed by atoms with Gasteiger partial charge in [-0.15, -0.1) is 11.3 Å². The lowest BCUT2D eigenvalue weighted by Gasteiger charge is -2.30. The molecule has 5 heteroatoms. The van der Waals surface area contributed by atoms with E-state index in [0.717, 1.165) is 36.4 Å². The zero-order chi connectivity index (χ0) is 13.2. The molecule has 1 amide bonds. The highest BCUT2D eigenvalue weighted by molar-refractivity contribution is 7.98. The van der Waals surface area contributed by atoms with E-state index in [1.54, 1.807) is 11.3 Å². The molecule has 19 heavy (non-hydrogen) atoms. The maximum atomic E-state index is 12.3. The fourth-order valence-corrected chi connectivity index (χ4v) is 5.02. The number of rotatable bonds is 2. The minimum Gasteiger partial charge on any atom is -0.347 e. The van der Waals surface area contributed by atoms with Crippen LogP contribution in [0.4, 0.5) is 0 Å². The van der Waals surface area contributed by atoms with Gasteiger partial charge in [-0.3, -0.25) is 4.79 Å². The van der Waals surface area contributed by atoms with Crippen LogP contribution >= 0.6 is 23.1 Å². The van der Waals surface area contributed by atoms with Crippen LogP contribution in [0.15, 0.2) is 6.07 Å². The molecule has 0 saturated carbocycles. The summed E-state index contributed by atoms with van der Waals surface area (Å²) in [6.07, 6.45) is 3.35. The van der Waals surface area contributed by atoms with Crippen molar-refractivity contribution in [3.8, 4) is 0 Å². The minimum atomic E-state index is 0.116. The average Bonchev–Trinajstić information content (AvgIpc) is 2.85. The van der Waals surface area contributed by atoms with Crippen LogP contribution in [-0.4, -0.2) is 30.3 Å². The van der Waals surface area contributed by atoms with E-state index < -0.39 is 0 Å². The summed E-state index contributed by atoms with van der Waals surface area (Å²) in [5, 5.41) is 6.62. The summed E-state index contributed by atoms with van der Waals surface area (Å²) >= 11 is 3.65. The van der Waals surface area contributed by atoms with Crippen molar-refractivity contribution in [1.29, 1.82) is 0 Å². The number of nitrogens with one attached hydrogen (secondary N) is 2. The third-order valence-electron chi connectivity index (χ3n) is 3.93. The first kappa shape index (κ1) is 13.5. The fraction of sp³-hybridized carbons (Fsp3) is 0.643. The number of thioether (sulfide) groups is 1. The number of hydrogen-bond donors (Lipinski definition) is 2. The molecule has 0 spiro atoms. The summed E-state index contributed by atoms with van der Waals surface area (Å²) in [7, 11) is 0. The Labute approximate surface area is 122 Å². The van der Waals surface area contributed by atoms with E-state index in [9.17, 15) is 4.79 Å². The van der Waals surface area contributed by atoms with Crippen LogP contribution in [0.25, 0.3) is 0 Å². The van der Waals surface area contributed by atoms with E-state index in [4.69, 9.17) is 0 Å². The normalized spacial score (nSPS) is 26.8. The van der Waals surface area contributed by atoms with E-state index in [-0.39, 0.29) is 11.9 Å². The van der Waals surface area contributed by atoms with Crippen molar-refractivity contribution >= 4 is 29.0 Å². The molecule has 2 N–H and O–H groups in total. The van der Waals surface area contributed by atoms with Gasteiger partial charge in [-0.05, 0) is 50.1 Å². The first-order valence-electron chi connectivity index (χ1n) is 6.97. The summed E-state index contributed by atoms with van der Waals surface area (Å²) in [4.78, 5) is 14.7. The summed E-state index contributed by atoms with van der Waals surface area (Å²) in [6.45, 7) is 3.22. The van der Waals surface area contributed by atoms with Crippen molar-refractivity contribution in [1.82, 2.24) is 10.6 Å². The lowest BCUT2D eigenvalue weighted by molar-refractivity contribution is 0.0924. The second-order valence-electron chi connectivity index (χ2n) is 5.33. The van der Waals surface area contributed by atoms with E-state index in [2.05, 4.69) is 23.6 Å². The molecule has 1 saturated heterocycles. The molecule has 0 aliphatic carbocycles. The molecule has 2 unspecified atom stereocenters. The molecule has 2 aliphatic heterocycles. The Morgan fingerprint density at radius 2 is 2.42 bits per heavy atom. The van der Waals surface area contributed by atoms with E-state index in [0.29, 0.717) is 6.04 Å². The van der Waals surface area contributed by atoms with Gasteiger partial charge in [0.2, 0.25) is 0 Å². The molecule has 1 fully saturated rings. The van der Waals surface area contributed by atoms with Gasteiger partial charge in [0.15, 0.2) is 0 Å². The predicted octanol–water partition coefficient (Wildman–Crippen LogP) is 2.41. The second kappa shape index (κ2) is 5.85. The van der Waals surface area contributed by atoms with E-state index in [1.807, 2.05) is 11.8 Å². The van der Waals surface area contributed by atoms with Gasteiger partial charge in [-0.2, -0.15) is 11.8 Å². The Kier molecular flexibility index (Phi) is 4.15. The highest BCUT2D eigenvalue weighted by atomic mass is 32.2. The molecule has 1 aromatic rings. The topological polar surface area (TPSA) is 41.1 Å². The number of thiophene rings is 1. The largest absolute Gasteiger partial charge is 0.347 e. The molecule has 3 nitrogen and oxygen atoms in total. The maximum Gasteiger partial charge on any atom is 0.261 e. The van der Waals surface area contributed by atoms with Crippen LogP contribution < -0.4 is 10.6 Å². The summed E-state index contributed by atoms with van der Waals surface area (Å²) < 4.78 is 0. The van der Waals surface area contributed by atoms with Crippen LogP contribution in [0.5, 0.6) is 0 Å². The zero-order valence-electron chi connectivity index (χ0n) is 11.2. The number of aryl methyl sites for hydroxylation is 1. The van der Waals surface area contributed by atoms with Crippen LogP contribution in [0.1, 0.15) is 39.9 Å². The van der Waals surface area contributed by atoms with Crippen molar-refractivity contribution in [2.45, 2.75) is 44.0 Å². The van der Waals surface area contributed by atoms with Gasteiger partial charge < -0.3 is 10.6 Å². The molecule has 0 bridgehead atoms. The maximum absolute atomic E-state index is 12.3. The molecule has 3 heterocycles. The second-order valence-corrected chi connectivity index (χ2v) is 7.57. The van der Waals surface area contributed by atoms with Crippen LogP contribution in [0, 0.1) is 0 Å². The van der Waals surface area contributed by atoms with Crippen molar-refractivity contribution in [3.63, 3.8) is 0 Å². The van der Waals surface area contributed by atoms with Crippen LogP contribution in [0.3, 0.4) is 0 Å². The molecule has 104 valence electrons. The van der Waals surface area contributed by atoms with Gasteiger partial charge >= 0.3 is 0 Å².